The predicted octanol–water partition coefficient (Wildman–Crippen LogP) is 15.6. The van der Waals surface area contributed by atoms with Gasteiger partial charge in [0.1, 0.15) is 0 Å². The van der Waals surface area contributed by atoms with Crippen LogP contribution in [-0.4, -0.2) is 183 Å². The average Bonchev–Trinajstić information content (AvgIpc) is 0.782. The van der Waals surface area contributed by atoms with Crippen LogP contribution in [0.5, 0.6) is 0 Å². The molecule has 0 heterocycles. The summed E-state index contributed by atoms with van der Waals surface area (Å²) >= 11 is 0. The van der Waals surface area contributed by atoms with Gasteiger partial charge in [-0.25, -0.2) is 33.7 Å². The summed E-state index contributed by atoms with van der Waals surface area (Å²) in [5, 5.41) is 5.72. The van der Waals surface area contributed by atoms with Crippen molar-refractivity contribution >= 4 is 106 Å². The van der Waals surface area contributed by atoms with E-state index < -0.39 is 40.1 Å². The molecule has 0 saturated heterocycles. The fourth-order valence-corrected chi connectivity index (χ4v) is 21.9. The van der Waals surface area contributed by atoms with Gasteiger partial charge in [0.2, 0.25) is 40.1 Å². The van der Waals surface area contributed by atoms with Gasteiger partial charge in [-0.2, -0.15) is 17.2 Å². The van der Waals surface area contributed by atoms with Crippen LogP contribution in [0.1, 0.15) is 47.9 Å². The molecule has 112 heavy (non-hydrogen) atoms. The van der Waals surface area contributed by atoms with Crippen LogP contribution in [0.3, 0.4) is 0 Å². The van der Waals surface area contributed by atoms with Crippen LogP contribution >= 0.6 is 0 Å². The lowest BCUT2D eigenvalue weighted by Gasteiger charge is -2.31. The molecular weight excluding hydrogens is 1480 g/mol. The van der Waals surface area contributed by atoms with Crippen LogP contribution in [0.2, 0.25) is 0 Å². The van der Waals surface area contributed by atoms with Crippen molar-refractivity contribution in [2.45, 2.75) is 71.4 Å². The highest BCUT2D eigenvalue weighted by Gasteiger charge is 2.33. The zero-order valence-corrected chi connectivity index (χ0v) is 68.8. The van der Waals surface area contributed by atoms with E-state index in [1.54, 1.807) is 65.8 Å². The van der Waals surface area contributed by atoms with Crippen LogP contribution in [0.4, 0.5) is 22.7 Å². The Balaban J connectivity index is 0.900. The van der Waals surface area contributed by atoms with Crippen LogP contribution < -0.4 is 19.6 Å². The van der Waals surface area contributed by atoms with E-state index in [1.165, 1.54) is 0 Å². The maximum atomic E-state index is 15.6. The van der Waals surface area contributed by atoms with E-state index in [0.717, 1.165) is 66.5 Å². The molecule has 0 saturated carbocycles. The summed E-state index contributed by atoms with van der Waals surface area (Å²) in [5.74, 6) is 0. The second-order valence-corrected chi connectivity index (χ2v) is 37.1. The fraction of sp³-hybridized carbons (Fsp3) is 0.289. The van der Waals surface area contributed by atoms with E-state index in [-0.39, 0.29) is 71.9 Å². The highest BCUT2D eigenvalue weighted by atomic mass is 32.2. The zero-order chi connectivity index (χ0) is 79.2. The van der Waals surface area contributed by atoms with Crippen molar-refractivity contribution < 1.29 is 33.7 Å². The number of hydrogen-bond donors (Lipinski definition) is 0. The van der Waals surface area contributed by atoms with Crippen molar-refractivity contribution in [1.29, 1.82) is 0 Å². The van der Waals surface area contributed by atoms with E-state index in [9.17, 15) is 0 Å². The number of rotatable bonds is 39. The smallest absolute Gasteiger partial charge is 0.243 e. The van der Waals surface area contributed by atoms with Crippen LogP contribution in [-0.2, 0) is 66.3 Å². The Morgan fingerprint density at radius 3 is 0.580 bits per heavy atom. The average molecular weight is 1580 g/mol. The molecule has 0 amide bonds. The Kier molecular flexibility index (Phi) is 27.0. The van der Waals surface area contributed by atoms with Gasteiger partial charge in [-0.3, -0.25) is 0 Å². The first-order valence-corrected chi connectivity index (χ1v) is 44.0. The Hall–Kier alpha value is -9.56. The van der Waals surface area contributed by atoms with Gasteiger partial charge in [0.25, 0.3) is 0 Å². The number of nitrogens with zero attached hydrogens (tertiary/aromatic N) is 10. The molecule has 0 aliphatic rings. The third-order valence-electron chi connectivity index (χ3n) is 20.9. The van der Waals surface area contributed by atoms with Crippen LogP contribution in [0.25, 0.3) is 43.1 Å². The second-order valence-electron chi connectivity index (χ2n) is 29.5. The first kappa shape index (κ1) is 81.9. The fourth-order valence-electron chi connectivity index (χ4n) is 15.2. The van der Waals surface area contributed by atoms with Gasteiger partial charge in [-0.05, 0) is 123 Å². The summed E-state index contributed by atoms with van der Waals surface area (Å²) in [6.45, 7) is 3.50. The largest absolute Gasteiger partial charge is 0.377 e. The minimum absolute atomic E-state index is 0.112. The molecule has 0 aromatic heterocycles. The van der Waals surface area contributed by atoms with Gasteiger partial charge in [0, 0.05) is 188 Å². The third kappa shape index (κ3) is 19.2. The molecule has 0 fully saturated rings. The van der Waals surface area contributed by atoms with E-state index in [0.29, 0.717) is 86.5 Å². The number of benzene rings is 12. The summed E-state index contributed by atoms with van der Waals surface area (Å²) in [7, 11) is -1.12. The van der Waals surface area contributed by atoms with Crippen molar-refractivity contribution in [2.75, 3.05) is 141 Å². The van der Waals surface area contributed by atoms with Crippen molar-refractivity contribution in [3.8, 4) is 0 Å². The van der Waals surface area contributed by atoms with Gasteiger partial charge in [0.05, 0.1) is 19.6 Å². The van der Waals surface area contributed by atoms with Gasteiger partial charge < -0.3 is 29.4 Å². The molecule has 0 N–H and O–H groups in total. The lowest BCUT2D eigenvalue weighted by Crippen LogP contribution is -2.41. The van der Waals surface area contributed by atoms with E-state index in [4.69, 9.17) is 0 Å². The van der Waals surface area contributed by atoms with Crippen LogP contribution in [0.15, 0.2) is 287 Å². The van der Waals surface area contributed by atoms with E-state index >= 15 is 33.7 Å². The first-order valence-electron chi connectivity index (χ1n) is 38.3. The molecule has 12 aromatic carbocycles. The standard InChI is InChI=1S/C90H104N10O8S4/c1-91(2)83-49-21-45-79-75(83)41-25-53-87(79)109(101,102)97(67-71-33-13-9-14-34-71)61-29-57-95(58-30-62-98(68-72-35-15-10-16-36-72)110(103,104)88-54-26-42-76-80(88)46-22-50-84(76)92(3)4)65-66-96(59-31-63-99(69-73-37-17-11-18-38-73)111(105,106)89-55-27-43-77-81(89)47-23-51-85(77)93(5)6)60-32-64-100(70-74-39-19-12-20-40-74)112(107,108)90-56-28-44-78-82(90)48-24-52-86(78)94(7)8/h9-28,33-56H,29-32,57-70H2,1-8H3. The third-order valence-corrected chi connectivity index (χ3v) is 28.5. The molecule has 586 valence electrons. The molecule has 12 rings (SSSR count). The molecule has 22 heteroatoms. The molecular formula is C90H104N10O8S4. The molecule has 0 aliphatic carbocycles. The molecule has 0 aliphatic heterocycles. The summed E-state index contributed by atoms with van der Waals surface area (Å²) in [5.41, 5.74) is 6.87. The molecule has 18 nitrogen and oxygen atoms in total. The van der Waals surface area contributed by atoms with Gasteiger partial charge in [-0.15, -0.1) is 0 Å². The lowest BCUT2D eigenvalue weighted by molar-refractivity contribution is 0.185. The first-order chi connectivity index (χ1) is 53.9. The molecule has 0 radical (unpaired) electrons. The Bertz CT molecular complexity index is 4960. The molecule has 0 bridgehead atoms. The van der Waals surface area contributed by atoms with E-state index in [1.807, 2.05) is 294 Å². The highest BCUT2D eigenvalue weighted by Crippen LogP contribution is 2.38. The SMILES string of the molecule is CN(C)c1cccc2c(S(=O)(=O)N(CCCN(CCCN(Cc3ccccc3)S(=O)(=O)c3cccc4c(N(C)C)cccc34)CCN(CCCN(Cc3ccccc3)S(=O)(=O)c3cccc4c(N(C)C)cccc34)CCCN(Cc3ccccc3)S(=O)(=O)c3cccc4c(N(C)C)cccc34)Cc3ccccc3)cccc12. The second kappa shape index (κ2) is 36.9. The lowest BCUT2D eigenvalue weighted by atomic mass is 10.1. The maximum Gasteiger partial charge on any atom is 0.243 e. The predicted molar refractivity (Wildman–Crippen MR) is 461 cm³/mol. The topological polar surface area (TPSA) is 169 Å². The Morgan fingerprint density at radius 2 is 0.384 bits per heavy atom. The van der Waals surface area contributed by atoms with Crippen LogP contribution in [0, 0.1) is 0 Å². The zero-order valence-electron chi connectivity index (χ0n) is 65.5. The van der Waals surface area contributed by atoms with Gasteiger partial charge >= 0.3 is 0 Å². The number of hydrogen-bond acceptors (Lipinski definition) is 14. The van der Waals surface area contributed by atoms with Crippen molar-refractivity contribution in [3.05, 3.63) is 289 Å². The number of sulfonamides is 4. The monoisotopic (exact) mass is 1580 g/mol. The molecule has 12 aromatic rings. The van der Waals surface area contributed by atoms with Crippen molar-refractivity contribution in [2.24, 2.45) is 0 Å². The quantitative estimate of drug-likeness (QED) is 0.0357. The minimum atomic E-state index is -4.17. The van der Waals surface area contributed by atoms with Crippen molar-refractivity contribution in [3.63, 3.8) is 0 Å². The maximum absolute atomic E-state index is 15.6. The molecule has 0 unspecified atom stereocenters. The summed E-state index contributed by atoms with van der Waals surface area (Å²) in [6.07, 6.45) is 1.57. The normalized spacial score (nSPS) is 12.4. The number of anilines is 4. The van der Waals surface area contributed by atoms with E-state index in [2.05, 4.69) is 9.80 Å². The Morgan fingerprint density at radius 1 is 0.196 bits per heavy atom. The molecule has 0 spiro atoms. The van der Waals surface area contributed by atoms with Gasteiger partial charge in [0.15, 0.2) is 0 Å². The summed E-state index contributed by atoms with van der Waals surface area (Å²) in [6, 6.07) is 83.1. The minimum Gasteiger partial charge on any atom is -0.377 e. The molecule has 0 atom stereocenters. The summed E-state index contributed by atoms with van der Waals surface area (Å²) in [4.78, 5) is 13.3. The van der Waals surface area contributed by atoms with Crippen molar-refractivity contribution in [1.82, 2.24) is 27.0 Å². The Labute approximate surface area is 664 Å². The summed E-state index contributed by atoms with van der Waals surface area (Å²) < 4.78 is 131. The highest BCUT2D eigenvalue weighted by molar-refractivity contribution is 7.90. The van der Waals surface area contributed by atoms with Gasteiger partial charge in [-0.1, -0.05) is 218 Å². The number of fused-ring (bicyclic) bond motifs is 4.